The van der Waals surface area contributed by atoms with Crippen LogP contribution in [0.3, 0.4) is 0 Å². The lowest BCUT2D eigenvalue weighted by molar-refractivity contribution is -0.0394. The predicted octanol–water partition coefficient (Wildman–Crippen LogP) is 2.49. The Kier molecular flexibility index (Phi) is 4.37. The molecule has 2 aliphatic heterocycles. The number of rotatable bonds is 2. The number of nitrogens with zero attached hydrogens (tertiary/aromatic N) is 4. The molecule has 1 atom stereocenters. The van der Waals surface area contributed by atoms with Gasteiger partial charge < -0.3 is 9.64 Å². The summed E-state index contributed by atoms with van der Waals surface area (Å²) in [5.74, 6) is 0.0808. The lowest BCUT2D eigenvalue weighted by Gasteiger charge is -2.43. The lowest BCUT2D eigenvalue weighted by atomic mass is 10.1. The minimum absolute atomic E-state index is 0.0808. The highest BCUT2D eigenvalue weighted by Gasteiger charge is 2.32. The van der Waals surface area contributed by atoms with Crippen LogP contribution in [0.4, 0.5) is 0 Å². The second-order valence-electron chi connectivity index (χ2n) is 7.67. The third-order valence-corrected chi connectivity index (χ3v) is 5.80. The van der Waals surface area contributed by atoms with Gasteiger partial charge in [-0.2, -0.15) is 0 Å². The van der Waals surface area contributed by atoms with Crippen LogP contribution in [0.1, 0.15) is 15.9 Å². The molecule has 0 spiro atoms. The van der Waals surface area contributed by atoms with E-state index in [9.17, 15) is 4.79 Å². The Balaban J connectivity index is 1.40. The number of fused-ring (bicyclic) bond motifs is 2. The van der Waals surface area contributed by atoms with Gasteiger partial charge in [-0.3, -0.25) is 14.3 Å². The van der Waals surface area contributed by atoms with E-state index in [2.05, 4.69) is 39.6 Å². The van der Waals surface area contributed by atoms with Gasteiger partial charge >= 0.3 is 0 Å². The van der Waals surface area contributed by atoms with Crippen molar-refractivity contribution in [2.75, 3.05) is 39.4 Å². The van der Waals surface area contributed by atoms with Crippen molar-refractivity contribution >= 4 is 16.9 Å². The fourth-order valence-electron chi connectivity index (χ4n) is 4.24. The molecule has 0 bridgehead atoms. The zero-order valence-electron chi connectivity index (χ0n) is 16.0. The zero-order chi connectivity index (χ0) is 19.1. The summed E-state index contributed by atoms with van der Waals surface area (Å²) in [5.41, 5.74) is 4.83. The van der Waals surface area contributed by atoms with E-state index in [-0.39, 0.29) is 5.91 Å². The normalized spacial score (nSPS) is 20.3. The molecule has 6 heteroatoms. The molecule has 0 N–H and O–H groups in total. The Hall–Kier alpha value is -2.70. The van der Waals surface area contributed by atoms with Crippen LogP contribution < -0.4 is 0 Å². The van der Waals surface area contributed by atoms with Gasteiger partial charge in [-0.15, -0.1) is 0 Å². The molecule has 0 saturated carbocycles. The van der Waals surface area contributed by atoms with Crippen molar-refractivity contribution in [2.24, 2.45) is 0 Å². The molecule has 1 aromatic heterocycles. The fourth-order valence-corrected chi connectivity index (χ4v) is 4.24. The van der Waals surface area contributed by atoms with Crippen LogP contribution in [0.2, 0.25) is 0 Å². The molecule has 28 heavy (non-hydrogen) atoms. The van der Waals surface area contributed by atoms with Crippen molar-refractivity contribution in [3.63, 3.8) is 0 Å². The molecule has 2 fully saturated rings. The summed E-state index contributed by atoms with van der Waals surface area (Å²) in [6.07, 6.45) is 1.83. The average Bonchev–Trinajstić information content (AvgIpc) is 3.16. The monoisotopic (exact) mass is 376 g/mol. The molecule has 3 aromatic rings. The first kappa shape index (κ1) is 17.4. The first-order valence-electron chi connectivity index (χ1n) is 9.84. The van der Waals surface area contributed by atoms with Crippen LogP contribution in [-0.4, -0.2) is 70.7 Å². The quantitative estimate of drug-likeness (QED) is 0.690. The van der Waals surface area contributed by atoms with E-state index in [1.54, 1.807) is 0 Å². The zero-order valence-corrected chi connectivity index (χ0v) is 16.0. The third kappa shape index (κ3) is 3.08. The Labute approximate surface area is 164 Å². The number of imidazole rings is 1. The summed E-state index contributed by atoms with van der Waals surface area (Å²) in [7, 11) is 0. The average molecular weight is 376 g/mol. The maximum absolute atomic E-state index is 13.1. The molecule has 1 unspecified atom stereocenters. The summed E-state index contributed by atoms with van der Waals surface area (Å²) >= 11 is 0. The number of piperazine rings is 1. The molecule has 0 aliphatic carbocycles. The number of aromatic nitrogens is 2. The maximum Gasteiger partial charge on any atom is 0.254 e. The summed E-state index contributed by atoms with van der Waals surface area (Å²) in [5, 5.41) is 0. The number of carbonyl (C=O) groups is 1. The summed E-state index contributed by atoms with van der Waals surface area (Å²) in [6.45, 7) is 6.98. The maximum atomic E-state index is 13.1. The number of benzene rings is 2. The molecule has 3 heterocycles. The lowest BCUT2D eigenvalue weighted by Crippen LogP contribution is -2.59. The van der Waals surface area contributed by atoms with Gasteiger partial charge in [0.2, 0.25) is 0 Å². The van der Waals surface area contributed by atoms with E-state index in [4.69, 9.17) is 4.74 Å². The number of morpholine rings is 1. The molecule has 2 saturated heterocycles. The number of carbonyl (C=O) groups excluding carboxylic acids is 1. The number of hydrogen-bond donors (Lipinski definition) is 0. The molecule has 2 aliphatic rings. The second kappa shape index (κ2) is 7.04. The minimum Gasteiger partial charge on any atom is -0.378 e. The molecule has 1 amide bonds. The molecule has 144 valence electrons. The highest BCUT2D eigenvalue weighted by Crippen LogP contribution is 2.22. The van der Waals surface area contributed by atoms with Crippen LogP contribution in [0, 0.1) is 6.92 Å². The van der Waals surface area contributed by atoms with E-state index >= 15 is 0 Å². The van der Waals surface area contributed by atoms with Gasteiger partial charge in [0.15, 0.2) is 0 Å². The van der Waals surface area contributed by atoms with E-state index in [0.717, 1.165) is 49.5 Å². The van der Waals surface area contributed by atoms with Crippen molar-refractivity contribution in [1.82, 2.24) is 19.4 Å². The van der Waals surface area contributed by atoms with Crippen LogP contribution >= 0.6 is 0 Å². The van der Waals surface area contributed by atoms with Gasteiger partial charge in [0.05, 0.1) is 30.3 Å². The number of hydrogen-bond acceptors (Lipinski definition) is 4. The summed E-state index contributed by atoms with van der Waals surface area (Å²) < 4.78 is 7.66. The predicted molar refractivity (Wildman–Crippen MR) is 108 cm³/mol. The minimum atomic E-state index is 0.0808. The van der Waals surface area contributed by atoms with Crippen molar-refractivity contribution in [1.29, 1.82) is 0 Å². The van der Waals surface area contributed by atoms with Gasteiger partial charge in [0.25, 0.3) is 5.91 Å². The third-order valence-electron chi connectivity index (χ3n) is 5.80. The molecular weight excluding hydrogens is 352 g/mol. The highest BCUT2D eigenvalue weighted by molar-refractivity contribution is 5.97. The van der Waals surface area contributed by atoms with E-state index < -0.39 is 0 Å². The number of amides is 1. The van der Waals surface area contributed by atoms with E-state index in [1.807, 2.05) is 35.5 Å². The summed E-state index contributed by atoms with van der Waals surface area (Å²) in [4.78, 5) is 22.0. The van der Waals surface area contributed by atoms with Crippen LogP contribution in [0.5, 0.6) is 0 Å². The molecule has 0 radical (unpaired) electrons. The number of ether oxygens (including phenoxy) is 1. The topological polar surface area (TPSA) is 50.6 Å². The van der Waals surface area contributed by atoms with Gasteiger partial charge in [-0.25, -0.2) is 4.98 Å². The Morgan fingerprint density at radius 3 is 2.96 bits per heavy atom. The Morgan fingerprint density at radius 2 is 2.07 bits per heavy atom. The van der Waals surface area contributed by atoms with Crippen molar-refractivity contribution in [2.45, 2.75) is 13.0 Å². The number of aryl methyl sites for hydroxylation is 1. The molecule has 6 nitrogen and oxygen atoms in total. The fraction of sp³-hybridized carbons (Fsp3) is 0.364. The van der Waals surface area contributed by atoms with Gasteiger partial charge in [0, 0.05) is 37.4 Å². The van der Waals surface area contributed by atoms with Crippen LogP contribution in [0.15, 0.2) is 48.8 Å². The SMILES string of the molecule is Cc1cccc(-n2cnc3cc(C(=O)N4CCN5CCOCC5C4)ccc32)c1. The van der Waals surface area contributed by atoms with Crippen LogP contribution in [0.25, 0.3) is 16.7 Å². The van der Waals surface area contributed by atoms with E-state index in [0.29, 0.717) is 18.2 Å². The van der Waals surface area contributed by atoms with Gasteiger partial charge in [-0.05, 0) is 42.8 Å². The van der Waals surface area contributed by atoms with Crippen molar-refractivity contribution in [3.05, 3.63) is 59.9 Å². The van der Waals surface area contributed by atoms with E-state index in [1.165, 1.54) is 5.56 Å². The largest absolute Gasteiger partial charge is 0.378 e. The molecular formula is C22H24N4O2. The smallest absolute Gasteiger partial charge is 0.254 e. The second-order valence-corrected chi connectivity index (χ2v) is 7.67. The van der Waals surface area contributed by atoms with Crippen molar-refractivity contribution < 1.29 is 9.53 Å². The van der Waals surface area contributed by atoms with Crippen molar-refractivity contribution in [3.8, 4) is 5.69 Å². The summed E-state index contributed by atoms with van der Waals surface area (Å²) in [6, 6.07) is 14.5. The highest BCUT2D eigenvalue weighted by atomic mass is 16.5. The Bertz CT molecular complexity index is 1030. The Morgan fingerprint density at radius 1 is 1.14 bits per heavy atom. The van der Waals surface area contributed by atoms with Gasteiger partial charge in [0.1, 0.15) is 6.33 Å². The first-order chi connectivity index (χ1) is 13.7. The molecule has 5 rings (SSSR count). The first-order valence-corrected chi connectivity index (χ1v) is 9.84. The standard InChI is InChI=1S/C22H24N4O2/c1-16-3-2-4-18(11-16)26-15-23-20-12-17(5-6-21(20)26)22(27)25-8-7-24-9-10-28-14-19(24)13-25/h2-6,11-12,15,19H,7-10,13-14H2,1H3. The molecule has 2 aromatic carbocycles. The van der Waals surface area contributed by atoms with Crippen LogP contribution in [-0.2, 0) is 4.74 Å². The van der Waals surface area contributed by atoms with Gasteiger partial charge in [-0.1, -0.05) is 12.1 Å².